The van der Waals surface area contributed by atoms with E-state index in [1.165, 1.54) is 27.8 Å². The summed E-state index contributed by atoms with van der Waals surface area (Å²) in [5, 5.41) is 24.1. The van der Waals surface area contributed by atoms with Gasteiger partial charge in [0.05, 0.1) is 32.8 Å². The van der Waals surface area contributed by atoms with Gasteiger partial charge in [0, 0.05) is 18.7 Å². The first kappa shape index (κ1) is 28.7. The second-order valence-corrected chi connectivity index (χ2v) is 12.3. The van der Waals surface area contributed by atoms with Crippen LogP contribution in [0.4, 0.5) is 0 Å². The number of aromatic nitrogens is 1. The first-order chi connectivity index (χ1) is 18.8. The van der Waals surface area contributed by atoms with E-state index in [0.29, 0.717) is 12.8 Å². The van der Waals surface area contributed by atoms with Crippen molar-refractivity contribution >= 4 is 37.5 Å². The zero-order valence-electron chi connectivity index (χ0n) is 21.7. The molecule has 0 aliphatic rings. The lowest BCUT2D eigenvalue weighted by molar-refractivity contribution is 0.0782. The van der Waals surface area contributed by atoms with Gasteiger partial charge in [-0.3, -0.25) is 4.79 Å². The molecule has 0 bridgehead atoms. The predicted octanol–water partition coefficient (Wildman–Crippen LogP) is 4.59. The first-order valence-electron chi connectivity index (χ1n) is 12.9. The first-order valence-corrected chi connectivity index (χ1v) is 15.2. The van der Waals surface area contributed by atoms with Gasteiger partial charge < -0.3 is 15.5 Å². The number of amides is 1. The molecule has 3 N–H and O–H groups in total. The van der Waals surface area contributed by atoms with Crippen LogP contribution in [0.2, 0.25) is 0 Å². The summed E-state index contributed by atoms with van der Waals surface area (Å²) in [7, 11) is -3.93. The highest BCUT2D eigenvalue weighted by molar-refractivity contribution is 7.89. The summed E-state index contributed by atoms with van der Waals surface area (Å²) in [6, 6.07) is 19.4. The standard InChI is InChI=1S/C29H33N3O5S2/c1-2-3-7-15-32(39(36,37)24-13-14-25-28(18-24)38-20-30-25)19-27(34)26(16-21-9-5-4-6-10-21)31-29(35)22-11-8-12-23(33)17-22/h4-6,8-14,17-18,20,26-27,33-34H,2-3,7,15-16,19H2,1H3,(H,31,35)/t26-,27+/m0/s1. The second kappa shape index (κ2) is 13.2. The van der Waals surface area contributed by atoms with Gasteiger partial charge in [-0.15, -0.1) is 11.3 Å². The summed E-state index contributed by atoms with van der Waals surface area (Å²) in [5.74, 6) is -0.518. The normalized spacial score (nSPS) is 13.4. The number of nitrogens with one attached hydrogen (secondary N) is 1. The number of fused-ring (bicyclic) bond motifs is 1. The number of carbonyl (C=O) groups is 1. The Morgan fingerprint density at radius 3 is 2.59 bits per heavy atom. The van der Waals surface area contributed by atoms with E-state index in [1.807, 2.05) is 37.3 Å². The molecule has 2 atom stereocenters. The summed E-state index contributed by atoms with van der Waals surface area (Å²) in [5.41, 5.74) is 3.53. The molecule has 3 aromatic carbocycles. The molecule has 10 heteroatoms. The smallest absolute Gasteiger partial charge is 0.251 e. The van der Waals surface area contributed by atoms with Gasteiger partial charge in [0.15, 0.2) is 0 Å². The summed E-state index contributed by atoms with van der Waals surface area (Å²) >= 11 is 1.37. The molecule has 4 aromatic rings. The number of hydrogen-bond acceptors (Lipinski definition) is 7. The lowest BCUT2D eigenvalue weighted by Crippen LogP contribution is -2.50. The highest BCUT2D eigenvalue weighted by atomic mass is 32.2. The van der Waals surface area contributed by atoms with Crippen LogP contribution in [-0.2, 0) is 16.4 Å². The molecule has 0 saturated heterocycles. The SMILES string of the molecule is CCCCCN(C[C@@H](O)[C@H](Cc1ccccc1)NC(=O)c1cccc(O)c1)S(=O)(=O)c1ccc2ncsc2c1. The van der Waals surface area contributed by atoms with Gasteiger partial charge in [0.1, 0.15) is 5.75 Å². The van der Waals surface area contributed by atoms with E-state index in [1.54, 1.807) is 35.8 Å². The third kappa shape index (κ3) is 7.42. The maximum absolute atomic E-state index is 13.8. The lowest BCUT2D eigenvalue weighted by Gasteiger charge is -2.30. The van der Waals surface area contributed by atoms with Crippen LogP contribution in [-0.4, -0.2) is 59.1 Å². The Kier molecular flexibility index (Phi) is 9.68. The zero-order chi connectivity index (χ0) is 27.8. The van der Waals surface area contributed by atoms with E-state index < -0.39 is 28.1 Å². The molecule has 1 aromatic heterocycles. The van der Waals surface area contributed by atoms with Crippen LogP contribution in [0.3, 0.4) is 0 Å². The van der Waals surface area contributed by atoms with E-state index in [0.717, 1.165) is 28.6 Å². The summed E-state index contributed by atoms with van der Waals surface area (Å²) < 4.78 is 29.6. The number of thiazole rings is 1. The van der Waals surface area contributed by atoms with Crippen LogP contribution < -0.4 is 5.32 Å². The third-order valence-corrected chi connectivity index (χ3v) is 9.18. The van der Waals surface area contributed by atoms with Crippen molar-refractivity contribution in [2.24, 2.45) is 0 Å². The Bertz CT molecular complexity index is 1490. The molecule has 8 nitrogen and oxygen atoms in total. The number of benzene rings is 3. The number of nitrogens with zero attached hydrogens (tertiary/aromatic N) is 2. The summed E-state index contributed by atoms with van der Waals surface area (Å²) in [6.45, 7) is 2.09. The Morgan fingerprint density at radius 1 is 1.05 bits per heavy atom. The zero-order valence-corrected chi connectivity index (χ0v) is 23.4. The monoisotopic (exact) mass is 567 g/mol. The van der Waals surface area contributed by atoms with Gasteiger partial charge in [-0.1, -0.05) is 56.2 Å². The number of unbranched alkanes of at least 4 members (excludes halogenated alkanes) is 2. The number of carbonyl (C=O) groups excluding carboxylic acids is 1. The number of phenols is 1. The predicted molar refractivity (Wildman–Crippen MR) is 153 cm³/mol. The molecule has 0 saturated carbocycles. The van der Waals surface area contributed by atoms with E-state index >= 15 is 0 Å². The van der Waals surface area contributed by atoms with Crippen LogP contribution in [0.25, 0.3) is 10.2 Å². The van der Waals surface area contributed by atoms with Gasteiger partial charge in [-0.25, -0.2) is 13.4 Å². The van der Waals surface area contributed by atoms with Gasteiger partial charge in [-0.2, -0.15) is 4.31 Å². The maximum atomic E-state index is 13.8. The quantitative estimate of drug-likeness (QED) is 0.203. The summed E-state index contributed by atoms with van der Waals surface area (Å²) in [4.78, 5) is 17.4. The molecule has 206 valence electrons. The third-order valence-electron chi connectivity index (χ3n) is 6.53. The molecular formula is C29H33N3O5S2. The minimum Gasteiger partial charge on any atom is -0.508 e. The molecule has 0 unspecified atom stereocenters. The van der Waals surface area contributed by atoms with Gasteiger partial charge >= 0.3 is 0 Å². The number of rotatable bonds is 13. The number of sulfonamides is 1. The number of hydrogen-bond donors (Lipinski definition) is 3. The van der Waals surface area contributed by atoms with Crippen LogP contribution in [0.5, 0.6) is 5.75 Å². The van der Waals surface area contributed by atoms with Gasteiger partial charge in [-0.05, 0) is 54.8 Å². The highest BCUT2D eigenvalue weighted by Gasteiger charge is 2.31. The molecule has 1 heterocycles. The van der Waals surface area contributed by atoms with Crippen LogP contribution in [0.15, 0.2) is 83.2 Å². The van der Waals surface area contributed by atoms with E-state index in [2.05, 4.69) is 10.3 Å². The Hall–Kier alpha value is -3.31. The largest absolute Gasteiger partial charge is 0.508 e. The minimum absolute atomic E-state index is 0.0473. The molecule has 1 amide bonds. The number of phenolic OH excluding ortho intramolecular Hbond substituents is 1. The van der Waals surface area contributed by atoms with Crippen molar-refractivity contribution in [1.82, 2.24) is 14.6 Å². The van der Waals surface area contributed by atoms with Gasteiger partial charge in [0.2, 0.25) is 10.0 Å². The Labute approximate surface area is 233 Å². The van der Waals surface area contributed by atoms with Crippen molar-refractivity contribution in [3.05, 3.63) is 89.4 Å². The van der Waals surface area contributed by atoms with Crippen molar-refractivity contribution in [3.8, 4) is 5.75 Å². The van der Waals surface area contributed by atoms with E-state index in [-0.39, 0.29) is 29.3 Å². The van der Waals surface area contributed by atoms with Crippen molar-refractivity contribution < 1.29 is 23.4 Å². The van der Waals surface area contributed by atoms with Crippen molar-refractivity contribution in [1.29, 1.82) is 0 Å². The fourth-order valence-corrected chi connectivity index (χ4v) is 6.69. The second-order valence-electron chi connectivity index (χ2n) is 9.44. The van der Waals surface area contributed by atoms with Crippen LogP contribution in [0, 0.1) is 0 Å². The van der Waals surface area contributed by atoms with Crippen LogP contribution in [0.1, 0.15) is 42.1 Å². The van der Waals surface area contributed by atoms with Gasteiger partial charge in [0.25, 0.3) is 5.91 Å². The topological polar surface area (TPSA) is 120 Å². The van der Waals surface area contributed by atoms with Crippen molar-refractivity contribution in [2.45, 2.75) is 49.6 Å². The molecular weight excluding hydrogens is 534 g/mol. The number of aliphatic hydroxyl groups is 1. The fourth-order valence-electron chi connectivity index (χ4n) is 4.38. The number of aromatic hydroxyl groups is 1. The van der Waals surface area contributed by atoms with E-state index in [9.17, 15) is 23.4 Å². The molecule has 0 radical (unpaired) electrons. The number of aliphatic hydroxyl groups excluding tert-OH is 1. The molecule has 0 fully saturated rings. The fraction of sp³-hybridized carbons (Fsp3) is 0.310. The van der Waals surface area contributed by atoms with Crippen molar-refractivity contribution in [3.63, 3.8) is 0 Å². The maximum Gasteiger partial charge on any atom is 0.251 e. The van der Waals surface area contributed by atoms with Crippen molar-refractivity contribution in [2.75, 3.05) is 13.1 Å². The molecule has 0 spiro atoms. The molecule has 39 heavy (non-hydrogen) atoms. The summed E-state index contributed by atoms with van der Waals surface area (Å²) in [6.07, 6.45) is 1.50. The lowest BCUT2D eigenvalue weighted by atomic mass is 10.0. The Morgan fingerprint density at radius 2 is 1.85 bits per heavy atom. The molecule has 4 rings (SSSR count). The molecule has 0 aliphatic carbocycles. The minimum atomic E-state index is -3.93. The Balaban J connectivity index is 1.60. The molecule has 0 aliphatic heterocycles. The average molecular weight is 568 g/mol. The van der Waals surface area contributed by atoms with E-state index in [4.69, 9.17) is 0 Å². The van der Waals surface area contributed by atoms with Crippen LogP contribution >= 0.6 is 11.3 Å². The average Bonchev–Trinajstić information content (AvgIpc) is 3.41. The highest BCUT2D eigenvalue weighted by Crippen LogP contribution is 2.25.